The Bertz CT molecular complexity index is 686. The van der Waals surface area contributed by atoms with Crippen LogP contribution >= 0.6 is 15.9 Å². The van der Waals surface area contributed by atoms with Gasteiger partial charge in [-0.1, -0.05) is 6.07 Å². The second-order valence-corrected chi connectivity index (χ2v) is 5.10. The van der Waals surface area contributed by atoms with Gasteiger partial charge in [0.05, 0.1) is 11.1 Å². The van der Waals surface area contributed by atoms with Crippen molar-refractivity contribution in [3.8, 4) is 0 Å². The predicted octanol–water partition coefficient (Wildman–Crippen LogP) is 3.10. The van der Waals surface area contributed by atoms with Crippen LogP contribution in [0.15, 0.2) is 41.1 Å². The first-order valence-corrected chi connectivity index (χ1v) is 6.52. The van der Waals surface area contributed by atoms with E-state index in [1.54, 1.807) is 31.3 Å². The standard InChI is InChI=1S/C14H11BrN2O3/c1-8-2-3-11(5-12(8)14(19)20)17-13(18)9-4-10(15)7-16-6-9/h2-7H,1H3,(H,17,18)(H,19,20). The molecule has 0 aliphatic rings. The Balaban J connectivity index is 2.24. The molecule has 0 saturated carbocycles. The summed E-state index contributed by atoms with van der Waals surface area (Å²) in [6.45, 7) is 1.70. The lowest BCUT2D eigenvalue weighted by Crippen LogP contribution is -2.13. The number of amides is 1. The Kier molecular flexibility index (Phi) is 4.14. The van der Waals surface area contributed by atoms with Gasteiger partial charge >= 0.3 is 5.97 Å². The lowest BCUT2D eigenvalue weighted by molar-refractivity contribution is 0.0695. The number of benzene rings is 1. The molecule has 2 N–H and O–H groups in total. The summed E-state index contributed by atoms with van der Waals surface area (Å²) in [6, 6.07) is 6.37. The third-order valence-electron chi connectivity index (χ3n) is 2.69. The first-order valence-electron chi connectivity index (χ1n) is 5.73. The highest BCUT2D eigenvalue weighted by atomic mass is 79.9. The number of carboxylic acid groups (broad SMARTS) is 1. The summed E-state index contributed by atoms with van der Waals surface area (Å²) in [6.07, 6.45) is 3.01. The second-order valence-electron chi connectivity index (χ2n) is 4.18. The maximum absolute atomic E-state index is 12.0. The molecule has 1 heterocycles. The lowest BCUT2D eigenvalue weighted by Gasteiger charge is -2.08. The number of nitrogens with one attached hydrogen (secondary N) is 1. The SMILES string of the molecule is Cc1ccc(NC(=O)c2cncc(Br)c2)cc1C(=O)O. The minimum Gasteiger partial charge on any atom is -0.478 e. The monoisotopic (exact) mass is 334 g/mol. The van der Waals surface area contributed by atoms with E-state index in [4.69, 9.17) is 5.11 Å². The summed E-state index contributed by atoms with van der Waals surface area (Å²) >= 11 is 3.24. The maximum atomic E-state index is 12.0. The number of carbonyl (C=O) groups is 2. The van der Waals surface area contributed by atoms with Crippen LogP contribution in [-0.4, -0.2) is 22.0 Å². The first kappa shape index (κ1) is 14.2. The minimum absolute atomic E-state index is 0.162. The molecule has 0 radical (unpaired) electrons. The number of nitrogens with zero attached hydrogens (tertiary/aromatic N) is 1. The van der Waals surface area contributed by atoms with E-state index < -0.39 is 5.97 Å². The van der Waals surface area contributed by atoms with Crippen LogP contribution in [0.2, 0.25) is 0 Å². The number of aromatic nitrogens is 1. The second kappa shape index (κ2) is 5.83. The van der Waals surface area contributed by atoms with E-state index >= 15 is 0 Å². The van der Waals surface area contributed by atoms with Crippen LogP contribution in [0.5, 0.6) is 0 Å². The maximum Gasteiger partial charge on any atom is 0.336 e. The number of hydrogen-bond acceptors (Lipinski definition) is 3. The van der Waals surface area contributed by atoms with Gasteiger partial charge in [-0.25, -0.2) is 4.79 Å². The summed E-state index contributed by atoms with van der Waals surface area (Å²) in [5, 5.41) is 11.7. The van der Waals surface area contributed by atoms with Crippen LogP contribution in [0.25, 0.3) is 0 Å². The topological polar surface area (TPSA) is 79.3 Å². The van der Waals surface area contributed by atoms with E-state index in [0.717, 1.165) is 0 Å². The Labute approximate surface area is 123 Å². The molecule has 20 heavy (non-hydrogen) atoms. The van der Waals surface area contributed by atoms with Gasteiger partial charge in [0.1, 0.15) is 0 Å². The number of pyridine rings is 1. The summed E-state index contributed by atoms with van der Waals surface area (Å²) in [7, 11) is 0. The molecule has 1 aromatic carbocycles. The lowest BCUT2D eigenvalue weighted by atomic mass is 10.1. The Morgan fingerprint density at radius 2 is 2.00 bits per heavy atom. The highest BCUT2D eigenvalue weighted by molar-refractivity contribution is 9.10. The number of anilines is 1. The van der Waals surface area contributed by atoms with Crippen molar-refractivity contribution in [1.29, 1.82) is 0 Å². The van der Waals surface area contributed by atoms with Crippen molar-refractivity contribution in [2.24, 2.45) is 0 Å². The average Bonchev–Trinajstić information content (AvgIpc) is 2.40. The van der Waals surface area contributed by atoms with Crippen LogP contribution in [0.1, 0.15) is 26.3 Å². The number of rotatable bonds is 3. The minimum atomic E-state index is -1.03. The molecule has 0 aliphatic heterocycles. The Morgan fingerprint density at radius 1 is 1.25 bits per heavy atom. The molecule has 0 saturated heterocycles. The number of aromatic carboxylic acids is 1. The van der Waals surface area contributed by atoms with E-state index in [9.17, 15) is 9.59 Å². The predicted molar refractivity (Wildman–Crippen MR) is 78.0 cm³/mol. The zero-order valence-electron chi connectivity index (χ0n) is 10.6. The van der Waals surface area contributed by atoms with Crippen molar-refractivity contribution in [3.05, 3.63) is 57.8 Å². The van der Waals surface area contributed by atoms with Gasteiger partial charge in [-0.05, 0) is 46.6 Å². The molecular weight excluding hydrogens is 324 g/mol. The fourth-order valence-corrected chi connectivity index (χ4v) is 2.03. The van der Waals surface area contributed by atoms with Gasteiger partial charge in [0.15, 0.2) is 0 Å². The van der Waals surface area contributed by atoms with Gasteiger partial charge in [-0.3, -0.25) is 9.78 Å². The molecule has 2 rings (SSSR count). The third kappa shape index (κ3) is 3.21. The molecule has 0 spiro atoms. The molecule has 1 aromatic heterocycles. The Morgan fingerprint density at radius 3 is 2.65 bits per heavy atom. The Hall–Kier alpha value is -2.21. The molecule has 6 heteroatoms. The first-order chi connectivity index (χ1) is 9.47. The van der Waals surface area contributed by atoms with E-state index in [1.807, 2.05) is 0 Å². The van der Waals surface area contributed by atoms with Gasteiger partial charge in [-0.15, -0.1) is 0 Å². The average molecular weight is 335 g/mol. The molecule has 102 valence electrons. The molecule has 0 fully saturated rings. The fraction of sp³-hybridized carbons (Fsp3) is 0.0714. The van der Waals surface area contributed by atoms with Crippen LogP contribution < -0.4 is 5.32 Å². The highest BCUT2D eigenvalue weighted by Gasteiger charge is 2.11. The molecule has 1 amide bonds. The number of halogens is 1. The van der Waals surface area contributed by atoms with E-state index in [1.165, 1.54) is 12.3 Å². The van der Waals surface area contributed by atoms with Gasteiger partial charge in [0.2, 0.25) is 0 Å². The van der Waals surface area contributed by atoms with Crippen molar-refractivity contribution >= 4 is 33.5 Å². The third-order valence-corrected chi connectivity index (χ3v) is 3.13. The number of carboxylic acids is 1. The molecule has 0 unspecified atom stereocenters. The summed E-state index contributed by atoms with van der Waals surface area (Å²) in [4.78, 5) is 27.0. The van der Waals surface area contributed by atoms with E-state index in [-0.39, 0.29) is 11.5 Å². The smallest absolute Gasteiger partial charge is 0.336 e. The summed E-state index contributed by atoms with van der Waals surface area (Å²) < 4.78 is 0.695. The molecular formula is C14H11BrN2O3. The van der Waals surface area contributed by atoms with Gasteiger partial charge in [0.25, 0.3) is 5.91 Å². The van der Waals surface area contributed by atoms with Crippen molar-refractivity contribution < 1.29 is 14.7 Å². The number of hydrogen-bond donors (Lipinski definition) is 2. The fourth-order valence-electron chi connectivity index (χ4n) is 1.67. The summed E-state index contributed by atoms with van der Waals surface area (Å²) in [5.41, 5.74) is 1.62. The molecule has 0 atom stereocenters. The van der Waals surface area contributed by atoms with Crippen LogP contribution in [-0.2, 0) is 0 Å². The van der Waals surface area contributed by atoms with Crippen LogP contribution in [0, 0.1) is 6.92 Å². The van der Waals surface area contributed by atoms with Crippen molar-refractivity contribution in [1.82, 2.24) is 4.98 Å². The molecule has 0 aliphatic carbocycles. The van der Waals surface area contributed by atoms with E-state index in [2.05, 4.69) is 26.2 Å². The zero-order chi connectivity index (χ0) is 14.7. The molecule has 2 aromatic rings. The highest BCUT2D eigenvalue weighted by Crippen LogP contribution is 2.17. The van der Waals surface area contributed by atoms with E-state index in [0.29, 0.717) is 21.3 Å². The van der Waals surface area contributed by atoms with Gasteiger partial charge < -0.3 is 10.4 Å². The molecule has 0 bridgehead atoms. The van der Waals surface area contributed by atoms with Gasteiger partial charge in [0, 0.05) is 22.6 Å². The normalized spacial score (nSPS) is 10.1. The summed E-state index contributed by atoms with van der Waals surface area (Å²) in [5.74, 6) is -1.37. The van der Waals surface area contributed by atoms with Crippen LogP contribution in [0.3, 0.4) is 0 Å². The van der Waals surface area contributed by atoms with Crippen molar-refractivity contribution in [2.45, 2.75) is 6.92 Å². The zero-order valence-corrected chi connectivity index (χ0v) is 12.1. The quantitative estimate of drug-likeness (QED) is 0.903. The number of aryl methyl sites for hydroxylation is 1. The number of carbonyl (C=O) groups excluding carboxylic acids is 1. The largest absolute Gasteiger partial charge is 0.478 e. The van der Waals surface area contributed by atoms with Crippen molar-refractivity contribution in [3.63, 3.8) is 0 Å². The van der Waals surface area contributed by atoms with Crippen molar-refractivity contribution in [2.75, 3.05) is 5.32 Å². The van der Waals surface area contributed by atoms with Gasteiger partial charge in [-0.2, -0.15) is 0 Å². The van der Waals surface area contributed by atoms with Crippen LogP contribution in [0.4, 0.5) is 5.69 Å². The molecule has 5 nitrogen and oxygen atoms in total.